The van der Waals surface area contributed by atoms with Crippen LogP contribution in [0.4, 0.5) is 5.13 Å². The van der Waals surface area contributed by atoms with Crippen LogP contribution in [0.15, 0.2) is 103 Å². The molecular weight excluding hydrogens is 452 g/mol. The standard InChI is InChI=1S/C27H19ClN2O2S/c28-23-15-8-16-24-25(23)29-27(33-24)30(18-19-9-3-1-4-10-19)26(31)20-11-7-14-22(17-20)32-21-12-5-2-6-13-21/h1-17H,18H2. The Balaban J connectivity index is 1.51. The Morgan fingerprint density at radius 1 is 0.848 bits per heavy atom. The number of hydrogen-bond acceptors (Lipinski definition) is 4. The number of aromatic nitrogens is 1. The fourth-order valence-corrected chi connectivity index (χ4v) is 4.75. The zero-order chi connectivity index (χ0) is 22.6. The normalized spacial score (nSPS) is 10.8. The third-order valence-electron chi connectivity index (χ3n) is 5.08. The number of ether oxygens (including phenoxy) is 1. The summed E-state index contributed by atoms with van der Waals surface area (Å²) in [4.78, 5) is 20.1. The zero-order valence-corrected chi connectivity index (χ0v) is 19.1. The smallest absolute Gasteiger partial charge is 0.260 e. The number of para-hydroxylation sites is 2. The highest BCUT2D eigenvalue weighted by molar-refractivity contribution is 7.22. The number of fused-ring (bicyclic) bond motifs is 1. The van der Waals surface area contributed by atoms with Gasteiger partial charge >= 0.3 is 0 Å². The SMILES string of the molecule is O=C(c1cccc(Oc2ccccc2)c1)N(Cc1ccccc1)c1nc2c(Cl)cccc2s1. The first-order valence-corrected chi connectivity index (χ1v) is 11.6. The minimum atomic E-state index is -0.160. The van der Waals surface area contributed by atoms with Crippen molar-refractivity contribution >= 4 is 44.2 Å². The average molecular weight is 471 g/mol. The number of carbonyl (C=O) groups excluding carboxylic acids is 1. The Morgan fingerprint density at radius 2 is 1.55 bits per heavy atom. The summed E-state index contributed by atoms with van der Waals surface area (Å²) in [5, 5.41) is 1.17. The molecule has 0 unspecified atom stereocenters. The second-order valence-corrected chi connectivity index (χ2v) is 8.82. The Morgan fingerprint density at radius 3 is 2.30 bits per heavy atom. The van der Waals surface area contributed by atoms with Crippen LogP contribution in [0, 0.1) is 0 Å². The molecule has 0 radical (unpaired) electrons. The lowest BCUT2D eigenvalue weighted by Gasteiger charge is -2.20. The molecule has 0 aliphatic rings. The molecule has 5 rings (SSSR count). The lowest BCUT2D eigenvalue weighted by atomic mass is 10.1. The van der Waals surface area contributed by atoms with E-state index in [4.69, 9.17) is 21.3 Å². The number of halogens is 1. The maximum absolute atomic E-state index is 13.7. The summed E-state index contributed by atoms with van der Waals surface area (Å²) in [6.07, 6.45) is 0. The lowest BCUT2D eigenvalue weighted by molar-refractivity contribution is 0.0985. The van der Waals surface area contributed by atoms with E-state index in [-0.39, 0.29) is 5.91 Å². The molecule has 0 N–H and O–H groups in total. The number of benzene rings is 4. The van der Waals surface area contributed by atoms with Gasteiger partial charge in [0.15, 0.2) is 5.13 Å². The van der Waals surface area contributed by atoms with Gasteiger partial charge in [-0.1, -0.05) is 83.6 Å². The van der Waals surface area contributed by atoms with E-state index >= 15 is 0 Å². The molecule has 4 nitrogen and oxygen atoms in total. The van der Waals surface area contributed by atoms with Crippen molar-refractivity contribution in [2.24, 2.45) is 0 Å². The molecule has 6 heteroatoms. The first-order chi connectivity index (χ1) is 16.2. The van der Waals surface area contributed by atoms with Gasteiger partial charge in [0, 0.05) is 5.56 Å². The summed E-state index contributed by atoms with van der Waals surface area (Å²) >= 11 is 7.80. The number of nitrogens with zero attached hydrogens (tertiary/aromatic N) is 2. The van der Waals surface area contributed by atoms with E-state index in [0.717, 1.165) is 10.3 Å². The van der Waals surface area contributed by atoms with Crippen molar-refractivity contribution in [1.29, 1.82) is 0 Å². The molecule has 0 aliphatic heterocycles. The molecule has 162 valence electrons. The molecule has 0 aliphatic carbocycles. The van der Waals surface area contributed by atoms with Crippen molar-refractivity contribution in [3.63, 3.8) is 0 Å². The third kappa shape index (κ3) is 4.75. The molecule has 4 aromatic carbocycles. The second kappa shape index (κ2) is 9.45. The van der Waals surface area contributed by atoms with E-state index in [2.05, 4.69) is 0 Å². The lowest BCUT2D eigenvalue weighted by Crippen LogP contribution is -2.30. The summed E-state index contributed by atoms with van der Waals surface area (Å²) < 4.78 is 6.87. The third-order valence-corrected chi connectivity index (χ3v) is 6.43. The number of amides is 1. The van der Waals surface area contributed by atoms with Gasteiger partial charge in [-0.2, -0.15) is 0 Å². The molecule has 0 bridgehead atoms. The number of rotatable bonds is 6. The fourth-order valence-electron chi connectivity index (χ4n) is 3.48. The monoisotopic (exact) mass is 470 g/mol. The van der Waals surface area contributed by atoms with E-state index < -0.39 is 0 Å². The Bertz CT molecular complexity index is 1400. The van der Waals surface area contributed by atoms with Crippen molar-refractivity contribution in [3.05, 3.63) is 119 Å². The van der Waals surface area contributed by atoms with Gasteiger partial charge in [0.05, 0.1) is 16.3 Å². The predicted molar refractivity (Wildman–Crippen MR) is 135 cm³/mol. The van der Waals surface area contributed by atoms with E-state index in [0.29, 0.717) is 39.3 Å². The Hall–Kier alpha value is -3.67. The first-order valence-electron chi connectivity index (χ1n) is 10.4. The van der Waals surface area contributed by atoms with Crippen LogP contribution in [0.2, 0.25) is 5.02 Å². The molecule has 0 saturated carbocycles. The fraction of sp³-hybridized carbons (Fsp3) is 0.0370. The molecule has 0 atom stereocenters. The minimum absolute atomic E-state index is 0.160. The van der Waals surface area contributed by atoms with E-state index in [1.165, 1.54) is 11.3 Å². The highest BCUT2D eigenvalue weighted by Gasteiger charge is 2.23. The average Bonchev–Trinajstić information content (AvgIpc) is 3.29. The van der Waals surface area contributed by atoms with Crippen LogP contribution in [0.1, 0.15) is 15.9 Å². The topological polar surface area (TPSA) is 42.4 Å². The molecular formula is C27H19ClN2O2S. The molecule has 33 heavy (non-hydrogen) atoms. The van der Waals surface area contributed by atoms with Crippen molar-refractivity contribution in [1.82, 2.24) is 4.98 Å². The molecule has 1 amide bonds. The molecule has 0 saturated heterocycles. The van der Waals surface area contributed by atoms with Crippen molar-refractivity contribution in [2.75, 3.05) is 4.90 Å². The molecule has 1 aromatic heterocycles. The van der Waals surface area contributed by atoms with Gasteiger partial charge in [0.2, 0.25) is 0 Å². The summed E-state index contributed by atoms with van der Waals surface area (Å²) in [7, 11) is 0. The van der Waals surface area contributed by atoms with Crippen LogP contribution >= 0.6 is 22.9 Å². The van der Waals surface area contributed by atoms with Crippen LogP contribution < -0.4 is 9.64 Å². The molecule has 5 aromatic rings. The number of hydrogen-bond donors (Lipinski definition) is 0. The highest BCUT2D eigenvalue weighted by atomic mass is 35.5. The van der Waals surface area contributed by atoms with Gasteiger partial charge < -0.3 is 4.74 Å². The zero-order valence-electron chi connectivity index (χ0n) is 17.5. The molecule has 1 heterocycles. The summed E-state index contributed by atoms with van der Waals surface area (Å²) in [5.74, 6) is 1.15. The maximum atomic E-state index is 13.7. The Kier molecular flexibility index (Phi) is 6.07. The molecule has 0 fully saturated rings. The predicted octanol–water partition coefficient (Wildman–Crippen LogP) is 7.59. The van der Waals surface area contributed by atoms with Crippen LogP contribution in [-0.2, 0) is 6.54 Å². The van der Waals surface area contributed by atoms with Crippen LogP contribution in [0.3, 0.4) is 0 Å². The van der Waals surface area contributed by atoms with Crippen molar-refractivity contribution in [3.8, 4) is 11.5 Å². The first kappa shape index (κ1) is 21.2. The highest BCUT2D eigenvalue weighted by Crippen LogP contribution is 2.34. The van der Waals surface area contributed by atoms with Gasteiger partial charge in [0.25, 0.3) is 5.91 Å². The van der Waals surface area contributed by atoms with Crippen molar-refractivity contribution < 1.29 is 9.53 Å². The molecule has 0 spiro atoms. The number of thiazole rings is 1. The van der Waals surface area contributed by atoms with E-state index in [9.17, 15) is 4.79 Å². The van der Waals surface area contributed by atoms with Gasteiger partial charge in [-0.05, 0) is 48.0 Å². The number of carbonyl (C=O) groups is 1. The van der Waals surface area contributed by atoms with Crippen LogP contribution in [0.5, 0.6) is 11.5 Å². The van der Waals surface area contributed by atoms with Gasteiger partial charge in [-0.15, -0.1) is 0 Å². The van der Waals surface area contributed by atoms with Gasteiger partial charge in [0.1, 0.15) is 17.0 Å². The quantitative estimate of drug-likeness (QED) is 0.256. The van der Waals surface area contributed by atoms with Gasteiger partial charge in [-0.25, -0.2) is 4.98 Å². The summed E-state index contributed by atoms with van der Waals surface area (Å²) in [6.45, 7) is 0.390. The van der Waals surface area contributed by atoms with E-state index in [1.54, 1.807) is 23.1 Å². The summed E-state index contributed by atoms with van der Waals surface area (Å²) in [5.41, 5.74) is 2.23. The van der Waals surface area contributed by atoms with Crippen molar-refractivity contribution in [2.45, 2.75) is 6.54 Å². The Labute approximate surface area is 200 Å². The number of anilines is 1. The maximum Gasteiger partial charge on any atom is 0.260 e. The van der Waals surface area contributed by atoms with Gasteiger partial charge in [-0.3, -0.25) is 9.69 Å². The van der Waals surface area contributed by atoms with Crippen LogP contribution in [-0.4, -0.2) is 10.9 Å². The second-order valence-electron chi connectivity index (χ2n) is 7.40. The van der Waals surface area contributed by atoms with Crippen LogP contribution in [0.25, 0.3) is 10.2 Å². The van der Waals surface area contributed by atoms with E-state index in [1.807, 2.05) is 84.9 Å². The largest absolute Gasteiger partial charge is 0.457 e. The summed E-state index contributed by atoms with van der Waals surface area (Å²) in [6, 6.07) is 32.2. The minimum Gasteiger partial charge on any atom is -0.457 e.